The van der Waals surface area contributed by atoms with Crippen molar-refractivity contribution in [3.63, 3.8) is 0 Å². The molecule has 2 rings (SSSR count). The van der Waals surface area contributed by atoms with E-state index in [9.17, 15) is 4.79 Å². The van der Waals surface area contributed by atoms with Gasteiger partial charge in [-0.1, -0.05) is 13.0 Å². The van der Waals surface area contributed by atoms with Gasteiger partial charge in [0.05, 0.1) is 12.7 Å². The van der Waals surface area contributed by atoms with Crippen LogP contribution in [-0.4, -0.2) is 19.1 Å². The molecule has 0 atom stereocenters. The molecule has 0 radical (unpaired) electrons. The Morgan fingerprint density at radius 1 is 1.50 bits per heavy atom. The summed E-state index contributed by atoms with van der Waals surface area (Å²) in [5.74, 6) is 0.630. The van der Waals surface area contributed by atoms with Crippen molar-refractivity contribution >= 4 is 5.91 Å². The summed E-state index contributed by atoms with van der Waals surface area (Å²) in [7, 11) is 1.59. The third-order valence-corrected chi connectivity index (χ3v) is 2.83. The fourth-order valence-electron chi connectivity index (χ4n) is 1.64. The first-order chi connectivity index (χ1) is 7.74. The van der Waals surface area contributed by atoms with E-state index in [2.05, 4.69) is 12.2 Å². The number of carbonyl (C=O) groups excluding carboxylic acids is 1. The lowest BCUT2D eigenvalue weighted by molar-refractivity contribution is 0.0948. The molecule has 1 amide bonds. The van der Waals surface area contributed by atoms with E-state index in [4.69, 9.17) is 4.74 Å². The summed E-state index contributed by atoms with van der Waals surface area (Å²) in [6.07, 6.45) is 3.12. The van der Waals surface area contributed by atoms with Crippen molar-refractivity contribution in [1.82, 2.24) is 5.32 Å². The summed E-state index contributed by atoms with van der Waals surface area (Å²) in [4.78, 5) is 12.0. The number of nitrogens with one attached hydrogen (secondary N) is 1. The summed E-state index contributed by atoms with van der Waals surface area (Å²) >= 11 is 0. The minimum Gasteiger partial charge on any atom is -0.496 e. The van der Waals surface area contributed by atoms with Gasteiger partial charge in [0.1, 0.15) is 5.75 Å². The van der Waals surface area contributed by atoms with Gasteiger partial charge in [-0.3, -0.25) is 4.79 Å². The molecule has 16 heavy (non-hydrogen) atoms. The Balaban J connectivity index is 2.23. The van der Waals surface area contributed by atoms with Crippen LogP contribution in [0.1, 0.15) is 35.7 Å². The van der Waals surface area contributed by atoms with Crippen molar-refractivity contribution in [1.29, 1.82) is 0 Å². The molecule has 0 spiro atoms. The fourth-order valence-corrected chi connectivity index (χ4v) is 1.64. The lowest BCUT2D eigenvalue weighted by Gasteiger charge is -2.10. The highest BCUT2D eigenvalue weighted by molar-refractivity contribution is 5.97. The van der Waals surface area contributed by atoms with Gasteiger partial charge in [0, 0.05) is 6.04 Å². The van der Waals surface area contributed by atoms with E-state index in [0.29, 0.717) is 17.4 Å². The van der Waals surface area contributed by atoms with Gasteiger partial charge in [-0.25, -0.2) is 0 Å². The second-order valence-electron chi connectivity index (χ2n) is 4.14. The quantitative estimate of drug-likeness (QED) is 0.842. The number of hydrogen-bond acceptors (Lipinski definition) is 2. The Morgan fingerprint density at radius 2 is 2.25 bits per heavy atom. The van der Waals surface area contributed by atoms with E-state index in [1.165, 1.54) is 0 Å². The number of rotatable bonds is 4. The Morgan fingerprint density at radius 3 is 2.81 bits per heavy atom. The van der Waals surface area contributed by atoms with Crippen LogP contribution in [0.25, 0.3) is 0 Å². The van der Waals surface area contributed by atoms with Gasteiger partial charge in [0.15, 0.2) is 0 Å². The van der Waals surface area contributed by atoms with E-state index in [1.54, 1.807) is 7.11 Å². The molecule has 1 aromatic carbocycles. The monoisotopic (exact) mass is 219 g/mol. The number of carbonyl (C=O) groups is 1. The standard InChI is InChI=1S/C13H17NO2/c1-3-9-4-7-12(16-2)11(8-9)13(15)14-10-5-6-10/h4,7-8,10H,3,5-6H2,1-2H3,(H,14,15). The van der Waals surface area contributed by atoms with Crippen LogP contribution in [0, 0.1) is 0 Å². The number of benzene rings is 1. The minimum atomic E-state index is -0.0188. The zero-order valence-electron chi connectivity index (χ0n) is 9.75. The Labute approximate surface area is 95.8 Å². The Kier molecular flexibility index (Phi) is 3.13. The zero-order valence-corrected chi connectivity index (χ0v) is 9.75. The van der Waals surface area contributed by atoms with Crippen molar-refractivity contribution in [2.24, 2.45) is 0 Å². The highest BCUT2D eigenvalue weighted by atomic mass is 16.5. The number of amides is 1. The van der Waals surface area contributed by atoms with Gasteiger partial charge in [-0.2, -0.15) is 0 Å². The van der Waals surface area contributed by atoms with Crippen molar-refractivity contribution in [2.75, 3.05) is 7.11 Å². The molecule has 3 nitrogen and oxygen atoms in total. The van der Waals surface area contributed by atoms with E-state index >= 15 is 0 Å². The van der Waals surface area contributed by atoms with Crippen LogP contribution in [0.2, 0.25) is 0 Å². The van der Waals surface area contributed by atoms with E-state index in [0.717, 1.165) is 24.8 Å². The van der Waals surface area contributed by atoms with Crippen molar-refractivity contribution in [3.05, 3.63) is 29.3 Å². The van der Waals surface area contributed by atoms with Crippen LogP contribution in [-0.2, 0) is 6.42 Å². The van der Waals surface area contributed by atoms with Crippen LogP contribution in [0.5, 0.6) is 5.75 Å². The molecule has 0 aromatic heterocycles. The van der Waals surface area contributed by atoms with Gasteiger partial charge >= 0.3 is 0 Å². The fraction of sp³-hybridized carbons (Fsp3) is 0.462. The summed E-state index contributed by atoms with van der Waals surface area (Å²) in [5.41, 5.74) is 1.80. The highest BCUT2D eigenvalue weighted by Gasteiger charge is 2.25. The molecule has 1 fully saturated rings. The SMILES string of the molecule is CCc1ccc(OC)c(C(=O)NC2CC2)c1. The number of ether oxygens (including phenoxy) is 1. The van der Waals surface area contributed by atoms with Gasteiger partial charge in [-0.15, -0.1) is 0 Å². The lowest BCUT2D eigenvalue weighted by atomic mass is 10.1. The molecule has 0 aliphatic heterocycles. The molecule has 86 valence electrons. The molecule has 0 heterocycles. The van der Waals surface area contributed by atoms with E-state index < -0.39 is 0 Å². The van der Waals surface area contributed by atoms with Crippen LogP contribution < -0.4 is 10.1 Å². The van der Waals surface area contributed by atoms with Crippen molar-refractivity contribution < 1.29 is 9.53 Å². The van der Waals surface area contributed by atoms with E-state index in [1.807, 2.05) is 18.2 Å². The third kappa shape index (κ3) is 2.35. The summed E-state index contributed by atoms with van der Waals surface area (Å²) in [6.45, 7) is 2.07. The third-order valence-electron chi connectivity index (χ3n) is 2.83. The molecule has 0 bridgehead atoms. The Hall–Kier alpha value is -1.51. The highest BCUT2D eigenvalue weighted by Crippen LogP contribution is 2.23. The first kappa shape index (κ1) is 11.0. The second kappa shape index (κ2) is 4.56. The molecule has 1 aliphatic carbocycles. The predicted molar refractivity (Wildman–Crippen MR) is 62.9 cm³/mol. The summed E-state index contributed by atoms with van der Waals surface area (Å²) in [5, 5.41) is 2.98. The predicted octanol–water partition coefficient (Wildman–Crippen LogP) is 2.15. The average Bonchev–Trinajstić information content (AvgIpc) is 3.12. The zero-order chi connectivity index (χ0) is 11.5. The molecule has 1 aliphatic rings. The molecule has 1 saturated carbocycles. The maximum Gasteiger partial charge on any atom is 0.255 e. The number of methoxy groups -OCH3 is 1. The molecule has 0 unspecified atom stereocenters. The van der Waals surface area contributed by atoms with Crippen LogP contribution in [0.4, 0.5) is 0 Å². The topological polar surface area (TPSA) is 38.3 Å². The van der Waals surface area contributed by atoms with Gasteiger partial charge < -0.3 is 10.1 Å². The van der Waals surface area contributed by atoms with Crippen LogP contribution in [0.15, 0.2) is 18.2 Å². The van der Waals surface area contributed by atoms with Crippen LogP contribution in [0.3, 0.4) is 0 Å². The second-order valence-corrected chi connectivity index (χ2v) is 4.14. The van der Waals surface area contributed by atoms with Gasteiger partial charge in [-0.05, 0) is 37.0 Å². The molecular weight excluding hydrogens is 202 g/mol. The van der Waals surface area contributed by atoms with Crippen LogP contribution >= 0.6 is 0 Å². The Bertz CT molecular complexity index is 397. The average molecular weight is 219 g/mol. The maximum absolute atomic E-state index is 12.0. The summed E-state index contributed by atoms with van der Waals surface area (Å²) < 4.78 is 5.21. The number of hydrogen-bond donors (Lipinski definition) is 1. The minimum absolute atomic E-state index is 0.0188. The number of aryl methyl sites for hydroxylation is 1. The van der Waals surface area contributed by atoms with Gasteiger partial charge in [0.25, 0.3) is 5.91 Å². The smallest absolute Gasteiger partial charge is 0.255 e. The van der Waals surface area contributed by atoms with Crippen molar-refractivity contribution in [2.45, 2.75) is 32.2 Å². The molecule has 1 N–H and O–H groups in total. The summed E-state index contributed by atoms with van der Waals surface area (Å²) in [6, 6.07) is 6.15. The first-order valence-electron chi connectivity index (χ1n) is 5.72. The lowest BCUT2D eigenvalue weighted by Crippen LogP contribution is -2.25. The molecular formula is C13H17NO2. The van der Waals surface area contributed by atoms with Gasteiger partial charge in [0.2, 0.25) is 0 Å². The maximum atomic E-state index is 12.0. The largest absolute Gasteiger partial charge is 0.496 e. The normalized spacial score (nSPS) is 14.6. The molecule has 1 aromatic rings. The first-order valence-corrected chi connectivity index (χ1v) is 5.72. The van der Waals surface area contributed by atoms with Crippen molar-refractivity contribution in [3.8, 4) is 5.75 Å². The van der Waals surface area contributed by atoms with E-state index in [-0.39, 0.29) is 5.91 Å². The molecule has 0 saturated heterocycles. The molecule has 3 heteroatoms.